The summed E-state index contributed by atoms with van der Waals surface area (Å²) in [5.41, 5.74) is 0.484. The van der Waals surface area contributed by atoms with Gasteiger partial charge in [-0.3, -0.25) is 4.79 Å². The quantitative estimate of drug-likeness (QED) is 0.869. The van der Waals surface area contributed by atoms with Gasteiger partial charge in [0.15, 0.2) is 0 Å². The summed E-state index contributed by atoms with van der Waals surface area (Å²) >= 11 is 0. The fourth-order valence-corrected chi connectivity index (χ4v) is 2.33. The monoisotopic (exact) mass is 310 g/mol. The van der Waals surface area contributed by atoms with E-state index >= 15 is 0 Å². The Morgan fingerprint density at radius 1 is 1.14 bits per heavy atom. The van der Waals surface area contributed by atoms with Gasteiger partial charge in [-0.15, -0.1) is 0 Å². The van der Waals surface area contributed by atoms with Crippen LogP contribution in [0.3, 0.4) is 0 Å². The van der Waals surface area contributed by atoms with Gasteiger partial charge in [0.1, 0.15) is 0 Å². The van der Waals surface area contributed by atoms with Crippen LogP contribution in [0.2, 0.25) is 0 Å². The first-order valence-corrected chi connectivity index (χ1v) is 7.99. The van der Waals surface area contributed by atoms with Crippen molar-refractivity contribution in [1.82, 2.24) is 4.31 Å². The second kappa shape index (κ2) is 6.41. The highest BCUT2D eigenvalue weighted by Crippen LogP contribution is 2.17. The molecule has 1 aromatic rings. The Labute approximate surface area is 126 Å². The minimum absolute atomic E-state index is 0.0685. The minimum atomic E-state index is -3.45. The van der Waals surface area contributed by atoms with Gasteiger partial charge in [-0.1, -0.05) is 26.8 Å². The third kappa shape index (κ3) is 5.32. The van der Waals surface area contributed by atoms with E-state index in [0.29, 0.717) is 5.69 Å². The van der Waals surface area contributed by atoms with Gasteiger partial charge in [0, 0.05) is 19.8 Å². The van der Waals surface area contributed by atoms with Gasteiger partial charge < -0.3 is 5.32 Å². The summed E-state index contributed by atoms with van der Waals surface area (Å²) in [5, 5.41) is 2.69. The molecule has 0 aliphatic rings. The molecule has 0 spiro atoms. The fourth-order valence-electron chi connectivity index (χ4n) is 1.43. The third-order valence-corrected chi connectivity index (χ3v) is 4.46. The van der Waals surface area contributed by atoms with E-state index < -0.39 is 10.0 Å². The molecule has 0 atom stereocenters. The van der Waals surface area contributed by atoms with Crippen molar-refractivity contribution < 1.29 is 13.2 Å². The molecule has 1 aromatic carbocycles. The molecule has 6 heteroatoms. The zero-order chi connectivity index (χ0) is 16.3. The molecule has 21 heavy (non-hydrogen) atoms. The van der Waals surface area contributed by atoms with Crippen molar-refractivity contribution in [2.45, 2.75) is 25.7 Å². The average Bonchev–Trinajstić information content (AvgIpc) is 2.36. The molecule has 1 amide bonds. The lowest BCUT2D eigenvalue weighted by molar-refractivity contribution is -0.112. The standard InChI is InChI=1S/C15H22N2O3S/c1-15(2,3)11-10-14(18)16-12-6-8-13(9-7-12)21(19,20)17(4)5/h6-11H,1-5H3,(H,16,18)/b11-10-. The lowest BCUT2D eigenvalue weighted by Gasteiger charge is -2.12. The number of allylic oxidation sites excluding steroid dienone is 1. The summed E-state index contributed by atoms with van der Waals surface area (Å²) in [7, 11) is -0.496. The van der Waals surface area contributed by atoms with Crippen molar-refractivity contribution in [3.8, 4) is 0 Å². The summed E-state index contributed by atoms with van der Waals surface area (Å²) < 4.78 is 25.0. The van der Waals surface area contributed by atoms with Gasteiger partial charge in [0.25, 0.3) is 0 Å². The second-order valence-corrected chi connectivity index (χ2v) is 8.15. The van der Waals surface area contributed by atoms with Gasteiger partial charge in [0.2, 0.25) is 15.9 Å². The number of anilines is 1. The SMILES string of the molecule is CN(C)S(=O)(=O)c1ccc(NC(=O)/C=C\C(C)(C)C)cc1. The first-order chi connectivity index (χ1) is 9.52. The van der Waals surface area contributed by atoms with Crippen LogP contribution >= 0.6 is 0 Å². The molecular weight excluding hydrogens is 288 g/mol. The highest BCUT2D eigenvalue weighted by atomic mass is 32.2. The summed E-state index contributed by atoms with van der Waals surface area (Å²) in [5.74, 6) is -0.242. The molecule has 0 bridgehead atoms. The number of nitrogens with one attached hydrogen (secondary N) is 1. The van der Waals surface area contributed by atoms with E-state index in [-0.39, 0.29) is 16.2 Å². The lowest BCUT2D eigenvalue weighted by atomic mass is 9.96. The zero-order valence-corrected chi connectivity index (χ0v) is 13.9. The molecule has 0 aliphatic carbocycles. The Morgan fingerprint density at radius 3 is 2.10 bits per heavy atom. The van der Waals surface area contributed by atoms with Crippen LogP contribution in [-0.4, -0.2) is 32.7 Å². The Morgan fingerprint density at radius 2 is 1.67 bits per heavy atom. The Hall–Kier alpha value is -1.66. The van der Waals surface area contributed by atoms with E-state index in [2.05, 4.69) is 5.32 Å². The van der Waals surface area contributed by atoms with Crippen molar-refractivity contribution >= 4 is 21.6 Å². The van der Waals surface area contributed by atoms with Crippen molar-refractivity contribution in [2.75, 3.05) is 19.4 Å². The second-order valence-electron chi connectivity index (χ2n) is 6.00. The summed E-state index contributed by atoms with van der Waals surface area (Å²) in [4.78, 5) is 11.9. The molecule has 0 aliphatic heterocycles. The number of amides is 1. The van der Waals surface area contributed by atoms with Crippen molar-refractivity contribution in [1.29, 1.82) is 0 Å². The number of hydrogen-bond acceptors (Lipinski definition) is 3. The van der Waals surface area contributed by atoms with Crippen LogP contribution in [0.5, 0.6) is 0 Å². The maximum Gasteiger partial charge on any atom is 0.248 e. The number of benzene rings is 1. The number of rotatable bonds is 4. The Kier molecular flexibility index (Phi) is 5.31. The number of carbonyl (C=O) groups is 1. The predicted molar refractivity (Wildman–Crippen MR) is 84.5 cm³/mol. The van der Waals surface area contributed by atoms with E-state index in [1.165, 1.54) is 32.3 Å². The van der Waals surface area contributed by atoms with Crippen LogP contribution in [-0.2, 0) is 14.8 Å². The molecule has 0 saturated carbocycles. The van der Waals surface area contributed by atoms with Crippen LogP contribution in [0.25, 0.3) is 0 Å². The molecule has 0 aromatic heterocycles. The smallest absolute Gasteiger partial charge is 0.248 e. The molecule has 116 valence electrons. The number of sulfonamides is 1. The van der Waals surface area contributed by atoms with Crippen LogP contribution in [0.4, 0.5) is 5.69 Å². The van der Waals surface area contributed by atoms with Gasteiger partial charge in [-0.25, -0.2) is 12.7 Å². The summed E-state index contributed by atoms with van der Waals surface area (Å²) in [6.07, 6.45) is 3.29. The van der Waals surface area contributed by atoms with E-state index in [4.69, 9.17) is 0 Å². The molecular formula is C15H22N2O3S. The van der Waals surface area contributed by atoms with Crippen LogP contribution in [0.1, 0.15) is 20.8 Å². The van der Waals surface area contributed by atoms with Crippen LogP contribution in [0, 0.1) is 5.41 Å². The molecule has 5 nitrogen and oxygen atoms in total. The molecule has 1 N–H and O–H groups in total. The number of carbonyl (C=O) groups excluding carboxylic acids is 1. The molecule has 0 unspecified atom stereocenters. The maximum absolute atomic E-state index is 11.9. The summed E-state index contributed by atoms with van der Waals surface area (Å²) in [6, 6.07) is 6.08. The molecule has 0 fully saturated rings. The fraction of sp³-hybridized carbons (Fsp3) is 0.400. The minimum Gasteiger partial charge on any atom is -0.323 e. The highest BCUT2D eigenvalue weighted by Gasteiger charge is 2.16. The van der Waals surface area contributed by atoms with E-state index in [1.807, 2.05) is 26.8 Å². The maximum atomic E-state index is 11.9. The molecule has 0 radical (unpaired) electrons. The van der Waals surface area contributed by atoms with E-state index in [1.54, 1.807) is 12.1 Å². The zero-order valence-electron chi connectivity index (χ0n) is 13.0. The first-order valence-electron chi connectivity index (χ1n) is 6.55. The molecule has 0 heterocycles. The topological polar surface area (TPSA) is 66.5 Å². The Balaban J connectivity index is 2.81. The van der Waals surface area contributed by atoms with Gasteiger partial charge in [0.05, 0.1) is 4.90 Å². The van der Waals surface area contributed by atoms with E-state index in [0.717, 1.165) is 4.31 Å². The molecule has 1 rings (SSSR count). The van der Waals surface area contributed by atoms with Crippen LogP contribution in [0.15, 0.2) is 41.3 Å². The number of hydrogen-bond donors (Lipinski definition) is 1. The van der Waals surface area contributed by atoms with Gasteiger partial charge in [-0.2, -0.15) is 0 Å². The van der Waals surface area contributed by atoms with Crippen LogP contribution < -0.4 is 5.32 Å². The Bertz CT molecular complexity index is 624. The van der Waals surface area contributed by atoms with Crippen molar-refractivity contribution in [3.63, 3.8) is 0 Å². The summed E-state index contributed by atoms with van der Waals surface area (Å²) in [6.45, 7) is 5.99. The third-order valence-electron chi connectivity index (χ3n) is 2.64. The first kappa shape index (κ1) is 17.4. The normalized spacial score (nSPS) is 12.9. The number of nitrogens with zero attached hydrogens (tertiary/aromatic N) is 1. The van der Waals surface area contributed by atoms with E-state index in [9.17, 15) is 13.2 Å². The van der Waals surface area contributed by atoms with Gasteiger partial charge in [-0.05, 0) is 35.8 Å². The van der Waals surface area contributed by atoms with Crippen molar-refractivity contribution in [3.05, 3.63) is 36.4 Å². The predicted octanol–water partition coefficient (Wildman–Crippen LogP) is 2.48. The van der Waals surface area contributed by atoms with Gasteiger partial charge >= 0.3 is 0 Å². The lowest BCUT2D eigenvalue weighted by Crippen LogP contribution is -2.22. The van der Waals surface area contributed by atoms with Crippen molar-refractivity contribution in [2.24, 2.45) is 5.41 Å². The largest absolute Gasteiger partial charge is 0.323 e. The molecule has 0 saturated heterocycles. The average molecular weight is 310 g/mol. The highest BCUT2D eigenvalue weighted by molar-refractivity contribution is 7.89.